The molecule has 12 heavy (non-hydrogen) atoms. The first-order chi connectivity index (χ1) is 5.70. The maximum atomic E-state index is 10.9. The number of hydrogen-bond acceptors (Lipinski definition) is 4. The number of methoxy groups -OCH3 is 2. The van der Waals surface area contributed by atoms with E-state index in [1.54, 1.807) is 0 Å². The molecule has 4 heteroatoms. The molecule has 0 saturated carbocycles. The quantitative estimate of drug-likeness (QED) is 0.552. The molecule has 0 aromatic carbocycles. The average molecular weight is 174 g/mol. The van der Waals surface area contributed by atoms with Gasteiger partial charge in [-0.3, -0.25) is 9.59 Å². The molecule has 0 aliphatic heterocycles. The molecule has 0 radical (unpaired) electrons. The van der Waals surface area contributed by atoms with Crippen LogP contribution in [0, 0.1) is 0 Å². The van der Waals surface area contributed by atoms with Gasteiger partial charge in [0, 0.05) is 20.0 Å². The van der Waals surface area contributed by atoms with Crippen LogP contribution in [0.4, 0.5) is 0 Å². The molecule has 0 saturated heterocycles. The van der Waals surface area contributed by atoms with Crippen molar-refractivity contribution in [2.75, 3.05) is 20.8 Å². The van der Waals surface area contributed by atoms with Crippen LogP contribution < -0.4 is 0 Å². The maximum absolute atomic E-state index is 10.9. The van der Waals surface area contributed by atoms with Gasteiger partial charge in [-0.1, -0.05) is 0 Å². The molecule has 4 nitrogen and oxygen atoms in total. The number of esters is 1. The van der Waals surface area contributed by atoms with Crippen molar-refractivity contribution < 1.29 is 19.1 Å². The molecule has 0 atom stereocenters. The van der Waals surface area contributed by atoms with Gasteiger partial charge in [-0.15, -0.1) is 0 Å². The first-order valence-electron chi connectivity index (χ1n) is 3.78. The average Bonchev–Trinajstić information content (AvgIpc) is 2.10. The summed E-state index contributed by atoms with van der Waals surface area (Å²) in [4.78, 5) is 21.5. The molecule has 0 bridgehead atoms. The minimum absolute atomic E-state index is 0.0299. The first kappa shape index (κ1) is 11.1. The molecule has 0 rings (SSSR count). The van der Waals surface area contributed by atoms with Gasteiger partial charge in [-0.25, -0.2) is 0 Å². The first-order valence-corrected chi connectivity index (χ1v) is 3.78. The highest BCUT2D eigenvalue weighted by Gasteiger charge is 2.05. The van der Waals surface area contributed by atoms with Crippen LogP contribution in [0.1, 0.15) is 19.3 Å². The summed E-state index contributed by atoms with van der Waals surface area (Å²) < 4.78 is 9.09. The number of rotatable bonds is 6. The van der Waals surface area contributed by atoms with Gasteiger partial charge < -0.3 is 9.47 Å². The Balaban J connectivity index is 3.37. The molecule has 0 heterocycles. The Bertz CT molecular complexity index is 153. The van der Waals surface area contributed by atoms with Gasteiger partial charge in [0.15, 0.2) is 0 Å². The predicted octanol–water partition coefficient (Wildman–Crippen LogP) is 0.545. The molecule has 0 aliphatic rings. The summed E-state index contributed by atoms with van der Waals surface area (Å²) >= 11 is 0. The normalized spacial score (nSPS) is 9.50. The summed E-state index contributed by atoms with van der Waals surface area (Å²) in [6, 6.07) is 0. The van der Waals surface area contributed by atoms with Crippen molar-refractivity contribution in [3.63, 3.8) is 0 Å². The monoisotopic (exact) mass is 174 g/mol. The Morgan fingerprint density at radius 1 is 1.08 bits per heavy atom. The second-order valence-electron chi connectivity index (χ2n) is 2.36. The third-order valence-corrected chi connectivity index (χ3v) is 1.42. The van der Waals surface area contributed by atoms with Crippen molar-refractivity contribution in [3.05, 3.63) is 0 Å². The van der Waals surface area contributed by atoms with Crippen molar-refractivity contribution in [1.29, 1.82) is 0 Å². The summed E-state index contributed by atoms with van der Waals surface area (Å²) in [6.07, 6.45) is 0.780. The molecule has 0 spiro atoms. The lowest BCUT2D eigenvalue weighted by Crippen LogP contribution is -2.07. The fraction of sp³-hybridized carbons (Fsp3) is 0.750. The van der Waals surface area contributed by atoms with Gasteiger partial charge in [0.1, 0.15) is 5.78 Å². The lowest BCUT2D eigenvalue weighted by Gasteiger charge is -1.98. The molecular weight excluding hydrogens is 160 g/mol. The molecule has 0 aromatic heterocycles. The molecule has 0 fully saturated rings. The second-order valence-corrected chi connectivity index (χ2v) is 2.36. The van der Waals surface area contributed by atoms with Crippen molar-refractivity contribution in [3.8, 4) is 0 Å². The van der Waals surface area contributed by atoms with Gasteiger partial charge in [-0.2, -0.15) is 0 Å². The molecule has 0 aromatic rings. The highest BCUT2D eigenvalue weighted by molar-refractivity contribution is 5.82. The van der Waals surface area contributed by atoms with Crippen molar-refractivity contribution in [1.82, 2.24) is 0 Å². The van der Waals surface area contributed by atoms with Crippen LogP contribution in [0.15, 0.2) is 0 Å². The van der Waals surface area contributed by atoms with E-state index < -0.39 is 0 Å². The number of hydrogen-bond donors (Lipinski definition) is 0. The number of ether oxygens (including phenoxy) is 2. The van der Waals surface area contributed by atoms with E-state index in [1.807, 2.05) is 0 Å². The van der Waals surface area contributed by atoms with Crippen LogP contribution in [-0.2, 0) is 19.1 Å². The second kappa shape index (κ2) is 6.79. The number of carbonyl (C=O) groups excluding carboxylic acids is 2. The zero-order valence-electron chi connectivity index (χ0n) is 7.46. The minimum Gasteiger partial charge on any atom is -0.469 e. The topological polar surface area (TPSA) is 52.6 Å². The largest absolute Gasteiger partial charge is 0.469 e. The van der Waals surface area contributed by atoms with E-state index in [0.717, 1.165) is 0 Å². The van der Waals surface area contributed by atoms with Crippen molar-refractivity contribution in [2.24, 2.45) is 0 Å². The zero-order valence-corrected chi connectivity index (χ0v) is 7.46. The highest BCUT2D eigenvalue weighted by Crippen LogP contribution is 1.96. The van der Waals surface area contributed by atoms with Crippen LogP contribution in [0.2, 0.25) is 0 Å². The SMILES string of the molecule is COCCC(=O)CCC(=O)OC. The van der Waals surface area contributed by atoms with Gasteiger partial charge in [0.05, 0.1) is 20.1 Å². The van der Waals surface area contributed by atoms with Crippen LogP contribution in [0.5, 0.6) is 0 Å². The van der Waals surface area contributed by atoms with Crippen LogP contribution >= 0.6 is 0 Å². The van der Waals surface area contributed by atoms with Crippen LogP contribution in [-0.4, -0.2) is 32.6 Å². The molecule has 0 amide bonds. The molecule has 70 valence electrons. The summed E-state index contributed by atoms with van der Waals surface area (Å²) in [5, 5.41) is 0. The van der Waals surface area contributed by atoms with Crippen LogP contribution in [0.3, 0.4) is 0 Å². The fourth-order valence-corrected chi connectivity index (χ4v) is 0.684. The smallest absolute Gasteiger partial charge is 0.305 e. The Labute approximate surface area is 71.8 Å². The lowest BCUT2D eigenvalue weighted by molar-refractivity contribution is -0.142. The Kier molecular flexibility index (Phi) is 6.28. The van der Waals surface area contributed by atoms with E-state index >= 15 is 0 Å². The predicted molar refractivity (Wildman–Crippen MR) is 42.8 cm³/mol. The summed E-state index contributed by atoms with van der Waals surface area (Å²) in [6.45, 7) is 0.417. The number of carbonyl (C=O) groups is 2. The van der Waals surface area contributed by atoms with Gasteiger partial charge in [-0.05, 0) is 0 Å². The third-order valence-electron chi connectivity index (χ3n) is 1.42. The maximum Gasteiger partial charge on any atom is 0.305 e. The molecule has 0 unspecified atom stereocenters. The fourth-order valence-electron chi connectivity index (χ4n) is 0.684. The van der Waals surface area contributed by atoms with E-state index in [-0.39, 0.29) is 24.6 Å². The van der Waals surface area contributed by atoms with E-state index in [9.17, 15) is 9.59 Å². The third kappa shape index (κ3) is 5.85. The number of ketones is 1. The van der Waals surface area contributed by atoms with Crippen molar-refractivity contribution >= 4 is 11.8 Å². The standard InChI is InChI=1S/C8H14O4/c1-11-6-5-7(9)3-4-8(10)12-2/h3-6H2,1-2H3. The van der Waals surface area contributed by atoms with Gasteiger partial charge in [0.2, 0.25) is 0 Å². The summed E-state index contributed by atoms with van der Waals surface area (Å²) in [5.74, 6) is -0.317. The molecular formula is C8H14O4. The Hall–Kier alpha value is -0.900. The Morgan fingerprint density at radius 2 is 1.75 bits per heavy atom. The van der Waals surface area contributed by atoms with Crippen LogP contribution in [0.25, 0.3) is 0 Å². The van der Waals surface area contributed by atoms with E-state index in [2.05, 4.69) is 4.74 Å². The minimum atomic E-state index is -0.347. The van der Waals surface area contributed by atoms with E-state index in [4.69, 9.17) is 4.74 Å². The summed E-state index contributed by atoms with van der Waals surface area (Å²) in [5.41, 5.74) is 0. The van der Waals surface area contributed by atoms with E-state index in [1.165, 1.54) is 14.2 Å². The van der Waals surface area contributed by atoms with Crippen molar-refractivity contribution in [2.45, 2.75) is 19.3 Å². The highest BCUT2D eigenvalue weighted by atomic mass is 16.5. The van der Waals surface area contributed by atoms with Gasteiger partial charge >= 0.3 is 5.97 Å². The van der Waals surface area contributed by atoms with Gasteiger partial charge in [0.25, 0.3) is 0 Å². The van der Waals surface area contributed by atoms with E-state index in [0.29, 0.717) is 13.0 Å². The molecule has 0 N–H and O–H groups in total. The number of Topliss-reactive ketones (excluding diaryl/α,β-unsaturated/α-hetero) is 1. The molecule has 0 aliphatic carbocycles. The Morgan fingerprint density at radius 3 is 2.25 bits per heavy atom. The lowest BCUT2D eigenvalue weighted by atomic mass is 10.2. The zero-order chi connectivity index (χ0) is 9.40. The summed E-state index contributed by atoms with van der Waals surface area (Å²) in [7, 11) is 2.84.